The highest BCUT2D eigenvalue weighted by Crippen LogP contribution is 2.32. The van der Waals surface area contributed by atoms with Gasteiger partial charge in [-0.2, -0.15) is 0 Å². The molecule has 0 saturated carbocycles. The van der Waals surface area contributed by atoms with E-state index in [9.17, 15) is 20.0 Å². The highest BCUT2D eigenvalue weighted by atomic mass is 32.2. The Labute approximate surface area is 160 Å². The summed E-state index contributed by atoms with van der Waals surface area (Å²) in [6.45, 7) is 7.10. The number of aromatic nitrogens is 2. The lowest BCUT2D eigenvalue weighted by molar-refractivity contribution is -0.384. The Balaban J connectivity index is 2.50. The van der Waals surface area contributed by atoms with Crippen molar-refractivity contribution >= 4 is 35.2 Å². The Morgan fingerprint density at radius 1 is 1.33 bits per heavy atom. The lowest BCUT2D eigenvalue weighted by Crippen LogP contribution is -2.22. The number of rotatable bonds is 9. The molecule has 10 heteroatoms. The molecule has 1 heterocycles. The molecule has 0 aliphatic heterocycles. The third-order valence-corrected chi connectivity index (χ3v) is 4.62. The van der Waals surface area contributed by atoms with Crippen LogP contribution in [-0.2, 0) is 11.2 Å². The van der Waals surface area contributed by atoms with E-state index in [1.54, 1.807) is 6.07 Å². The molecule has 0 amide bonds. The molecule has 0 aliphatic rings. The number of carboxylic acid groups (broad SMARTS) is 1. The summed E-state index contributed by atoms with van der Waals surface area (Å²) in [5, 5.41) is 28.4. The summed E-state index contributed by atoms with van der Waals surface area (Å²) in [6, 6.07) is 4.40. The van der Waals surface area contributed by atoms with Gasteiger partial charge in [0.15, 0.2) is 0 Å². The highest BCUT2D eigenvalue weighted by Gasteiger charge is 2.18. The van der Waals surface area contributed by atoms with Crippen LogP contribution in [0.3, 0.4) is 0 Å². The van der Waals surface area contributed by atoms with Gasteiger partial charge in [-0.05, 0) is 37.8 Å². The molecule has 0 atom stereocenters. The second kappa shape index (κ2) is 9.17. The van der Waals surface area contributed by atoms with Crippen molar-refractivity contribution in [3.8, 4) is 0 Å². The van der Waals surface area contributed by atoms with Crippen molar-refractivity contribution in [2.24, 2.45) is 0 Å². The number of nitrogens with zero attached hydrogens (tertiary/aromatic N) is 4. The van der Waals surface area contributed by atoms with E-state index < -0.39 is 10.9 Å². The molecule has 0 aliphatic carbocycles. The number of hydrogen-bond acceptors (Lipinski definition) is 8. The lowest BCUT2D eigenvalue weighted by Gasteiger charge is -2.23. The molecule has 27 heavy (non-hydrogen) atoms. The van der Waals surface area contributed by atoms with E-state index in [4.69, 9.17) is 4.42 Å². The number of anilines is 1. The lowest BCUT2D eigenvalue weighted by atomic mass is 10.1. The Bertz CT molecular complexity index is 861. The summed E-state index contributed by atoms with van der Waals surface area (Å²) in [6.07, 6.45) is 1.93. The number of aliphatic carboxylic acids is 1. The van der Waals surface area contributed by atoms with Gasteiger partial charge < -0.3 is 14.4 Å². The number of carboxylic acids is 1. The van der Waals surface area contributed by atoms with Crippen molar-refractivity contribution < 1.29 is 19.2 Å². The summed E-state index contributed by atoms with van der Waals surface area (Å²) in [7, 11) is 0. The first-order chi connectivity index (χ1) is 12.9. The maximum atomic E-state index is 11.7. The third-order valence-electron chi connectivity index (χ3n) is 3.77. The van der Waals surface area contributed by atoms with Gasteiger partial charge in [0, 0.05) is 42.9 Å². The number of aryl methyl sites for hydroxylation is 1. The normalized spacial score (nSPS) is 11.4. The van der Waals surface area contributed by atoms with Crippen LogP contribution < -0.4 is 4.90 Å². The molecule has 144 valence electrons. The van der Waals surface area contributed by atoms with E-state index in [0.717, 1.165) is 11.8 Å². The SMILES string of the molecule is CCc1nnc(S/C(=C/c2cc([N+](=O)[O-])ccc2N(CC)CC)C(=O)O)o1. The van der Waals surface area contributed by atoms with Gasteiger partial charge in [-0.15, -0.1) is 10.2 Å². The van der Waals surface area contributed by atoms with Crippen LogP contribution in [0.5, 0.6) is 0 Å². The molecule has 2 rings (SSSR count). The van der Waals surface area contributed by atoms with Gasteiger partial charge in [0.1, 0.15) is 4.91 Å². The first-order valence-corrected chi connectivity index (χ1v) is 9.19. The summed E-state index contributed by atoms with van der Waals surface area (Å²) in [5.41, 5.74) is 1.04. The maximum absolute atomic E-state index is 11.7. The minimum atomic E-state index is -1.19. The molecule has 0 spiro atoms. The molecular formula is C17H20N4O5S. The first kappa shape index (κ1) is 20.4. The van der Waals surface area contributed by atoms with Crippen LogP contribution >= 0.6 is 11.8 Å². The minimum absolute atomic E-state index is 0.0739. The molecule has 0 radical (unpaired) electrons. The van der Waals surface area contributed by atoms with Crippen LogP contribution in [0, 0.1) is 10.1 Å². The predicted molar refractivity (Wildman–Crippen MR) is 102 cm³/mol. The largest absolute Gasteiger partial charge is 0.477 e. The zero-order chi connectivity index (χ0) is 20.0. The summed E-state index contributed by atoms with van der Waals surface area (Å²) < 4.78 is 5.35. The summed E-state index contributed by atoms with van der Waals surface area (Å²) >= 11 is 0.811. The second-order valence-corrected chi connectivity index (χ2v) is 6.40. The van der Waals surface area contributed by atoms with Gasteiger partial charge in [0.25, 0.3) is 10.9 Å². The maximum Gasteiger partial charge on any atom is 0.342 e. The van der Waals surface area contributed by atoms with Crippen molar-refractivity contribution in [2.45, 2.75) is 32.4 Å². The fourth-order valence-electron chi connectivity index (χ4n) is 2.42. The zero-order valence-electron chi connectivity index (χ0n) is 15.2. The van der Waals surface area contributed by atoms with Crippen LogP contribution in [0.15, 0.2) is 32.7 Å². The molecular weight excluding hydrogens is 372 g/mol. The molecule has 1 N–H and O–H groups in total. The van der Waals surface area contributed by atoms with Crippen LogP contribution in [0.2, 0.25) is 0 Å². The fourth-order valence-corrected chi connectivity index (χ4v) is 3.10. The molecule has 9 nitrogen and oxygen atoms in total. The number of hydrogen-bond donors (Lipinski definition) is 1. The van der Waals surface area contributed by atoms with E-state index in [0.29, 0.717) is 36.7 Å². The zero-order valence-corrected chi connectivity index (χ0v) is 16.0. The number of nitro groups is 1. The highest BCUT2D eigenvalue weighted by molar-refractivity contribution is 8.03. The van der Waals surface area contributed by atoms with E-state index in [1.165, 1.54) is 18.2 Å². The molecule has 2 aromatic rings. The van der Waals surface area contributed by atoms with Crippen molar-refractivity contribution in [1.82, 2.24) is 10.2 Å². The molecule has 0 unspecified atom stereocenters. The van der Waals surface area contributed by atoms with E-state index in [2.05, 4.69) is 10.2 Å². The first-order valence-electron chi connectivity index (χ1n) is 8.38. The number of carbonyl (C=O) groups is 1. The number of thioether (sulfide) groups is 1. The predicted octanol–water partition coefficient (Wildman–Crippen LogP) is 3.60. The van der Waals surface area contributed by atoms with Crippen LogP contribution in [0.1, 0.15) is 32.2 Å². The van der Waals surface area contributed by atoms with E-state index >= 15 is 0 Å². The molecule has 0 fully saturated rings. The quantitative estimate of drug-likeness (QED) is 0.295. The Morgan fingerprint density at radius 3 is 2.56 bits per heavy atom. The van der Waals surface area contributed by atoms with E-state index in [1.807, 2.05) is 25.7 Å². The van der Waals surface area contributed by atoms with Gasteiger partial charge >= 0.3 is 5.97 Å². The second-order valence-electron chi connectivity index (χ2n) is 5.40. The Hall–Kier alpha value is -2.88. The monoisotopic (exact) mass is 392 g/mol. The summed E-state index contributed by atoms with van der Waals surface area (Å²) in [4.78, 5) is 24.2. The smallest absolute Gasteiger partial charge is 0.342 e. The van der Waals surface area contributed by atoms with Gasteiger partial charge in [0.2, 0.25) is 5.89 Å². The van der Waals surface area contributed by atoms with Crippen LogP contribution in [0.4, 0.5) is 11.4 Å². The molecule has 1 aromatic carbocycles. The van der Waals surface area contributed by atoms with Gasteiger partial charge in [-0.25, -0.2) is 4.79 Å². The molecule has 0 saturated heterocycles. The average Bonchev–Trinajstić information content (AvgIpc) is 3.10. The van der Waals surface area contributed by atoms with Crippen LogP contribution in [-0.4, -0.2) is 39.3 Å². The van der Waals surface area contributed by atoms with Crippen molar-refractivity contribution in [1.29, 1.82) is 0 Å². The van der Waals surface area contributed by atoms with Gasteiger partial charge in [-0.1, -0.05) is 6.92 Å². The topological polar surface area (TPSA) is 123 Å². The number of benzene rings is 1. The van der Waals surface area contributed by atoms with Gasteiger partial charge in [-0.3, -0.25) is 10.1 Å². The Morgan fingerprint density at radius 2 is 2.04 bits per heavy atom. The average molecular weight is 392 g/mol. The van der Waals surface area contributed by atoms with Crippen molar-refractivity contribution in [3.05, 3.63) is 44.7 Å². The Kier molecular flexibility index (Phi) is 6.94. The van der Waals surface area contributed by atoms with Crippen molar-refractivity contribution in [2.75, 3.05) is 18.0 Å². The minimum Gasteiger partial charge on any atom is -0.477 e. The number of non-ortho nitro benzene ring substituents is 1. The number of nitro benzene ring substituents is 1. The van der Waals surface area contributed by atoms with Crippen LogP contribution in [0.25, 0.3) is 6.08 Å². The van der Waals surface area contributed by atoms with Gasteiger partial charge in [0.05, 0.1) is 4.92 Å². The molecule has 0 bridgehead atoms. The van der Waals surface area contributed by atoms with E-state index in [-0.39, 0.29) is 15.8 Å². The standard InChI is InChI=1S/C17H20N4O5S/c1-4-15-18-19-17(26-15)27-14(16(22)23)10-11-9-12(21(24)25)7-8-13(11)20(5-2)6-3/h7-10H,4-6H2,1-3H3,(H,22,23)/b14-10+. The third kappa shape index (κ3) is 5.07. The summed E-state index contributed by atoms with van der Waals surface area (Å²) in [5.74, 6) is -0.783. The molecule has 1 aromatic heterocycles. The van der Waals surface area contributed by atoms with Crippen molar-refractivity contribution in [3.63, 3.8) is 0 Å². The fraction of sp³-hybridized carbons (Fsp3) is 0.353.